The normalized spacial score (nSPS) is 17.7. The van der Waals surface area contributed by atoms with Gasteiger partial charge in [0.1, 0.15) is 5.69 Å². The van der Waals surface area contributed by atoms with Crippen molar-refractivity contribution in [3.8, 4) is 11.3 Å². The lowest BCUT2D eigenvalue weighted by Gasteiger charge is -2.27. The number of aromatic nitrogens is 3. The molecule has 28 heavy (non-hydrogen) atoms. The molecule has 3 heterocycles. The van der Waals surface area contributed by atoms with Gasteiger partial charge in [0, 0.05) is 29.9 Å². The molecule has 146 valence electrons. The van der Waals surface area contributed by atoms with Gasteiger partial charge in [-0.25, -0.2) is 9.50 Å². The van der Waals surface area contributed by atoms with Crippen molar-refractivity contribution in [2.24, 2.45) is 0 Å². The van der Waals surface area contributed by atoms with Gasteiger partial charge in [0.05, 0.1) is 5.69 Å². The first kappa shape index (κ1) is 18.7. The minimum atomic E-state index is 0.0460. The number of nitrogens with zero attached hydrogens (tertiary/aromatic N) is 4. The second kappa shape index (κ2) is 7.74. The second-order valence-corrected chi connectivity index (χ2v) is 7.85. The van der Waals surface area contributed by atoms with Crippen molar-refractivity contribution in [1.82, 2.24) is 19.5 Å². The maximum absolute atomic E-state index is 13.2. The van der Waals surface area contributed by atoms with Crippen LogP contribution in [0.3, 0.4) is 0 Å². The lowest BCUT2D eigenvalue weighted by atomic mass is 10.1. The number of aryl methyl sites for hydroxylation is 2. The van der Waals surface area contributed by atoms with Crippen molar-refractivity contribution >= 4 is 11.6 Å². The Bertz CT molecular complexity index is 990. The average Bonchev–Trinajstić information content (AvgIpc) is 3.02. The standard InChI is InChI=1S/C23H28N4O/c1-4-19-14-21(23(28)26-13-7-5-6-8-17(26)3)24-22-15-20(25-27(19)22)18-11-9-16(2)10-12-18/h9-12,14-15,17H,4-8,13H2,1-3H3. The monoisotopic (exact) mass is 376 g/mol. The van der Waals surface area contributed by atoms with Gasteiger partial charge in [-0.15, -0.1) is 0 Å². The zero-order valence-corrected chi connectivity index (χ0v) is 17.0. The minimum absolute atomic E-state index is 0.0460. The van der Waals surface area contributed by atoms with Crippen molar-refractivity contribution < 1.29 is 4.79 Å². The van der Waals surface area contributed by atoms with Crippen LogP contribution >= 0.6 is 0 Å². The van der Waals surface area contributed by atoms with Gasteiger partial charge < -0.3 is 4.90 Å². The predicted molar refractivity (Wildman–Crippen MR) is 112 cm³/mol. The van der Waals surface area contributed by atoms with Crippen LogP contribution in [0.1, 0.15) is 61.3 Å². The molecule has 0 N–H and O–H groups in total. The van der Waals surface area contributed by atoms with Crippen molar-refractivity contribution in [2.75, 3.05) is 6.54 Å². The Kier molecular flexibility index (Phi) is 5.16. The Hall–Kier alpha value is -2.69. The third-order valence-corrected chi connectivity index (χ3v) is 5.74. The van der Waals surface area contributed by atoms with E-state index in [1.54, 1.807) is 0 Å². The summed E-state index contributed by atoms with van der Waals surface area (Å²) in [6.07, 6.45) is 5.33. The molecule has 0 aliphatic carbocycles. The molecule has 2 aromatic heterocycles. The summed E-state index contributed by atoms with van der Waals surface area (Å²) in [7, 11) is 0. The quantitative estimate of drug-likeness (QED) is 0.667. The molecule has 0 radical (unpaired) electrons. The van der Waals surface area contributed by atoms with E-state index in [-0.39, 0.29) is 11.9 Å². The van der Waals surface area contributed by atoms with Gasteiger partial charge in [0.2, 0.25) is 0 Å². The third-order valence-electron chi connectivity index (χ3n) is 5.74. The van der Waals surface area contributed by atoms with Crippen molar-refractivity contribution in [3.05, 3.63) is 53.3 Å². The summed E-state index contributed by atoms with van der Waals surface area (Å²) in [6.45, 7) is 7.13. The summed E-state index contributed by atoms with van der Waals surface area (Å²) >= 11 is 0. The van der Waals surface area contributed by atoms with Crippen LogP contribution in [0.2, 0.25) is 0 Å². The summed E-state index contributed by atoms with van der Waals surface area (Å²) < 4.78 is 1.87. The zero-order valence-electron chi connectivity index (χ0n) is 17.0. The Balaban J connectivity index is 1.73. The molecule has 5 nitrogen and oxygen atoms in total. The first-order chi connectivity index (χ1) is 13.6. The van der Waals surface area contributed by atoms with E-state index in [1.165, 1.54) is 18.4 Å². The SMILES string of the molecule is CCc1cc(C(=O)N2CCCCCC2C)nc2cc(-c3ccc(C)cc3)nn12. The van der Waals surface area contributed by atoms with E-state index in [0.717, 1.165) is 48.4 Å². The van der Waals surface area contributed by atoms with Crippen LogP contribution < -0.4 is 0 Å². The molecule has 5 heteroatoms. The summed E-state index contributed by atoms with van der Waals surface area (Å²) in [5, 5.41) is 4.76. The molecule has 1 saturated heterocycles. The fraction of sp³-hybridized carbons (Fsp3) is 0.435. The molecule has 0 bridgehead atoms. The highest BCUT2D eigenvalue weighted by Crippen LogP contribution is 2.23. The number of carbonyl (C=O) groups excluding carboxylic acids is 1. The number of hydrogen-bond donors (Lipinski definition) is 0. The summed E-state index contributed by atoms with van der Waals surface area (Å²) in [5.74, 6) is 0.0460. The predicted octanol–water partition coefficient (Wildman–Crippen LogP) is 4.67. The molecule has 1 atom stereocenters. The van der Waals surface area contributed by atoms with Crippen LogP contribution in [0.4, 0.5) is 0 Å². The maximum atomic E-state index is 13.2. The van der Waals surface area contributed by atoms with Crippen molar-refractivity contribution in [1.29, 1.82) is 0 Å². The number of hydrogen-bond acceptors (Lipinski definition) is 3. The van der Waals surface area contributed by atoms with E-state index in [9.17, 15) is 4.79 Å². The van der Waals surface area contributed by atoms with E-state index >= 15 is 0 Å². The number of benzene rings is 1. The number of rotatable bonds is 3. The van der Waals surface area contributed by atoms with Crippen LogP contribution in [0.25, 0.3) is 16.9 Å². The molecule has 0 saturated carbocycles. The number of carbonyl (C=O) groups is 1. The summed E-state index contributed by atoms with van der Waals surface area (Å²) in [6, 6.07) is 12.5. The fourth-order valence-corrected chi connectivity index (χ4v) is 3.99. The lowest BCUT2D eigenvalue weighted by molar-refractivity contribution is 0.0692. The zero-order chi connectivity index (χ0) is 19.7. The van der Waals surface area contributed by atoms with Gasteiger partial charge >= 0.3 is 0 Å². The first-order valence-electron chi connectivity index (χ1n) is 10.3. The van der Waals surface area contributed by atoms with Crippen LogP contribution in [0.5, 0.6) is 0 Å². The third kappa shape index (κ3) is 3.53. The van der Waals surface area contributed by atoms with Gasteiger partial charge in [-0.2, -0.15) is 5.10 Å². The molecule has 0 spiro atoms. The van der Waals surface area contributed by atoms with Crippen LogP contribution in [0, 0.1) is 6.92 Å². The van der Waals surface area contributed by atoms with E-state index in [2.05, 4.69) is 45.0 Å². The van der Waals surface area contributed by atoms with E-state index in [1.807, 2.05) is 21.5 Å². The number of likely N-dealkylation sites (tertiary alicyclic amines) is 1. The molecule has 1 amide bonds. The minimum Gasteiger partial charge on any atom is -0.335 e. The van der Waals surface area contributed by atoms with Crippen LogP contribution in [0.15, 0.2) is 36.4 Å². The highest BCUT2D eigenvalue weighted by atomic mass is 16.2. The Morgan fingerprint density at radius 3 is 2.68 bits per heavy atom. The van der Waals surface area contributed by atoms with Gasteiger partial charge in [-0.3, -0.25) is 4.79 Å². The van der Waals surface area contributed by atoms with E-state index in [0.29, 0.717) is 5.69 Å². The Morgan fingerprint density at radius 2 is 1.93 bits per heavy atom. The molecule has 1 aliphatic rings. The molecule has 1 aliphatic heterocycles. The topological polar surface area (TPSA) is 50.5 Å². The van der Waals surface area contributed by atoms with E-state index in [4.69, 9.17) is 10.1 Å². The summed E-state index contributed by atoms with van der Waals surface area (Å²) in [5.41, 5.74) is 5.45. The molecular weight excluding hydrogens is 348 g/mol. The van der Waals surface area contributed by atoms with Crippen molar-refractivity contribution in [2.45, 2.75) is 58.9 Å². The first-order valence-corrected chi connectivity index (χ1v) is 10.3. The van der Waals surface area contributed by atoms with Gasteiger partial charge in [0.25, 0.3) is 5.91 Å². The fourth-order valence-electron chi connectivity index (χ4n) is 3.99. The maximum Gasteiger partial charge on any atom is 0.272 e. The van der Waals surface area contributed by atoms with Crippen LogP contribution in [-0.2, 0) is 6.42 Å². The lowest BCUT2D eigenvalue weighted by Crippen LogP contribution is -2.38. The van der Waals surface area contributed by atoms with Gasteiger partial charge in [-0.05, 0) is 39.2 Å². The Labute approximate surface area is 166 Å². The molecule has 4 rings (SSSR count). The molecular formula is C23H28N4O. The van der Waals surface area contributed by atoms with Crippen molar-refractivity contribution in [3.63, 3.8) is 0 Å². The highest BCUT2D eigenvalue weighted by molar-refractivity contribution is 5.93. The Morgan fingerprint density at radius 1 is 1.14 bits per heavy atom. The average molecular weight is 377 g/mol. The smallest absolute Gasteiger partial charge is 0.272 e. The highest BCUT2D eigenvalue weighted by Gasteiger charge is 2.25. The second-order valence-electron chi connectivity index (χ2n) is 7.85. The van der Waals surface area contributed by atoms with E-state index < -0.39 is 0 Å². The largest absolute Gasteiger partial charge is 0.335 e. The van der Waals surface area contributed by atoms with Gasteiger partial charge in [0.15, 0.2) is 5.65 Å². The molecule has 3 aromatic rings. The number of fused-ring (bicyclic) bond motifs is 1. The molecule has 1 unspecified atom stereocenters. The summed E-state index contributed by atoms with van der Waals surface area (Å²) in [4.78, 5) is 19.9. The molecule has 1 fully saturated rings. The van der Waals surface area contributed by atoms with Gasteiger partial charge in [-0.1, -0.05) is 49.6 Å². The number of amides is 1. The molecule has 1 aromatic carbocycles. The van der Waals surface area contributed by atoms with Crippen LogP contribution in [-0.4, -0.2) is 38.0 Å².